The highest BCUT2D eigenvalue weighted by molar-refractivity contribution is 5.99. The van der Waals surface area contributed by atoms with Crippen LogP contribution in [0.1, 0.15) is 46.1 Å². The molecule has 7 aromatic rings. The molecule has 3 aromatic heterocycles. The molecule has 6 heteroatoms. The Bertz CT molecular complexity index is 3020. The van der Waals surface area contributed by atoms with E-state index in [0.717, 1.165) is 95.2 Å². The van der Waals surface area contributed by atoms with Gasteiger partial charge in [0.15, 0.2) is 5.75 Å². The molecule has 0 saturated heterocycles. The number of benzene rings is 4. The smallest absolute Gasteiger partial charge is 0.160 e. The van der Waals surface area contributed by atoms with Gasteiger partial charge in [0.2, 0.25) is 0 Å². The number of fused-ring (bicyclic) bond motifs is 3. The number of aromatic nitrogens is 1. The van der Waals surface area contributed by atoms with Crippen LogP contribution in [0.2, 0.25) is 0 Å². The molecule has 0 radical (unpaired) electrons. The van der Waals surface area contributed by atoms with Gasteiger partial charge in [0.1, 0.15) is 22.3 Å². The van der Waals surface area contributed by atoms with Gasteiger partial charge >= 0.3 is 0 Å². The van der Waals surface area contributed by atoms with Crippen LogP contribution in [0.5, 0.6) is 5.75 Å². The molecule has 8 rings (SSSR count). The molecular weight excluding hydrogens is 751 g/mol. The SMILES string of the molecule is C=C.C=C/C=c1/oc2ccncc2/c1=C/C(=C)c1cccc(/C(C=C)=C/c2c(C)oc3ccc(-c4cccc(C/C=C\C=C(/C)c5ccc6c(c5)CN/C=C/NO6)c4)cc23)c1. The van der Waals surface area contributed by atoms with Crippen molar-refractivity contribution in [3.8, 4) is 16.9 Å². The molecule has 0 bridgehead atoms. The fourth-order valence-electron chi connectivity index (χ4n) is 7.34. The molecule has 0 fully saturated rings. The van der Waals surface area contributed by atoms with Crippen LogP contribution in [0.4, 0.5) is 0 Å². The van der Waals surface area contributed by atoms with E-state index < -0.39 is 0 Å². The number of rotatable bonds is 11. The number of aryl methyl sites for hydroxylation is 1. The molecule has 61 heavy (non-hydrogen) atoms. The lowest BCUT2D eigenvalue weighted by molar-refractivity contribution is 0.237. The lowest BCUT2D eigenvalue weighted by Crippen LogP contribution is -2.19. The zero-order valence-electron chi connectivity index (χ0n) is 34.7. The molecule has 2 N–H and O–H groups in total. The largest absolute Gasteiger partial charge is 0.461 e. The number of hydroxylamine groups is 1. The first-order valence-electron chi connectivity index (χ1n) is 20.1. The van der Waals surface area contributed by atoms with Gasteiger partial charge in [0, 0.05) is 52.3 Å². The Balaban J connectivity index is 0.00000277. The third kappa shape index (κ3) is 9.40. The Morgan fingerprint density at radius 3 is 2.51 bits per heavy atom. The van der Waals surface area contributed by atoms with E-state index >= 15 is 0 Å². The molecule has 4 heterocycles. The summed E-state index contributed by atoms with van der Waals surface area (Å²) in [4.78, 5) is 9.94. The first-order valence-corrected chi connectivity index (χ1v) is 20.1. The molecule has 1 aliphatic heterocycles. The second-order valence-corrected chi connectivity index (χ2v) is 14.4. The number of furan rings is 2. The summed E-state index contributed by atoms with van der Waals surface area (Å²) >= 11 is 0. The highest BCUT2D eigenvalue weighted by Gasteiger charge is 2.13. The molecule has 6 nitrogen and oxygen atoms in total. The number of pyridine rings is 1. The number of allylic oxidation sites excluding steroid dienone is 8. The third-order valence-corrected chi connectivity index (χ3v) is 10.5. The van der Waals surface area contributed by atoms with Crippen LogP contribution < -0.4 is 26.3 Å². The van der Waals surface area contributed by atoms with Crippen LogP contribution in [-0.2, 0) is 13.0 Å². The van der Waals surface area contributed by atoms with Crippen molar-refractivity contribution in [3.63, 3.8) is 0 Å². The van der Waals surface area contributed by atoms with Gasteiger partial charge < -0.3 is 19.0 Å². The second-order valence-electron chi connectivity index (χ2n) is 14.4. The van der Waals surface area contributed by atoms with Crippen LogP contribution in [0.15, 0.2) is 188 Å². The van der Waals surface area contributed by atoms with Crippen molar-refractivity contribution in [2.24, 2.45) is 0 Å². The Morgan fingerprint density at radius 2 is 1.66 bits per heavy atom. The standard InChI is InChI=1S/C53H45N3O3.C2H4/c1-6-12-51-47(49-34-54-24-23-53(49)58-51)27-36(4)40-16-11-18-43(29-40)39(7-2)31-46-37(5)57-52-22-20-44(32-48(46)52)42-17-10-15-38(28-42)14-9-8-13-35(3)41-19-21-50-45(30-41)33-55-25-26-56-59-50;1-2/h6-13,15-32,34,55-56H,1-2,4,14,33H2,3,5H3;1-2H2/b9-8-,26-25+,35-13+,39-31+,47-27-,51-12+;. The fourth-order valence-corrected chi connectivity index (χ4v) is 7.34. The average Bonchev–Trinajstić information content (AvgIpc) is 3.79. The normalized spacial score (nSPS) is 13.9. The van der Waals surface area contributed by atoms with E-state index in [9.17, 15) is 0 Å². The second kappa shape index (κ2) is 19.3. The van der Waals surface area contributed by atoms with Crippen LogP contribution in [0.25, 0.3) is 68.0 Å². The highest BCUT2D eigenvalue weighted by Crippen LogP contribution is 2.34. The molecule has 0 unspecified atom stereocenters. The lowest BCUT2D eigenvalue weighted by atomic mass is 9.96. The van der Waals surface area contributed by atoms with Crippen molar-refractivity contribution in [2.45, 2.75) is 26.8 Å². The zero-order valence-corrected chi connectivity index (χ0v) is 34.7. The van der Waals surface area contributed by atoms with Crippen LogP contribution in [0.3, 0.4) is 0 Å². The van der Waals surface area contributed by atoms with E-state index in [1.165, 1.54) is 11.1 Å². The van der Waals surface area contributed by atoms with Crippen molar-refractivity contribution in [3.05, 3.63) is 229 Å². The van der Waals surface area contributed by atoms with Crippen molar-refractivity contribution in [2.75, 3.05) is 0 Å². The summed E-state index contributed by atoms with van der Waals surface area (Å²) in [6.45, 7) is 23.3. The molecule has 0 amide bonds. The fraction of sp³-hybridized carbons (Fsp3) is 0.0727. The summed E-state index contributed by atoms with van der Waals surface area (Å²) in [6, 6.07) is 31.6. The van der Waals surface area contributed by atoms with E-state index in [0.29, 0.717) is 12.0 Å². The summed E-state index contributed by atoms with van der Waals surface area (Å²) in [6.07, 6.45) is 24.1. The van der Waals surface area contributed by atoms with Gasteiger partial charge in [-0.25, -0.2) is 5.48 Å². The van der Waals surface area contributed by atoms with E-state index in [1.54, 1.807) is 18.5 Å². The predicted molar refractivity (Wildman–Crippen MR) is 256 cm³/mol. The van der Waals surface area contributed by atoms with Gasteiger partial charge in [-0.3, -0.25) is 4.98 Å². The minimum absolute atomic E-state index is 0.703. The van der Waals surface area contributed by atoms with E-state index in [-0.39, 0.29) is 0 Å². The number of nitrogens with one attached hydrogen (secondary N) is 2. The van der Waals surface area contributed by atoms with Crippen molar-refractivity contribution >= 4 is 56.9 Å². The Labute approximate surface area is 357 Å². The van der Waals surface area contributed by atoms with Gasteiger partial charge in [0.05, 0.1) is 6.20 Å². The molecule has 0 spiro atoms. The van der Waals surface area contributed by atoms with Crippen LogP contribution in [0, 0.1) is 6.92 Å². The van der Waals surface area contributed by atoms with E-state index in [1.807, 2.05) is 55.7 Å². The lowest BCUT2D eigenvalue weighted by Gasteiger charge is -2.15. The topological polar surface area (TPSA) is 72.5 Å². The third-order valence-electron chi connectivity index (χ3n) is 10.5. The maximum atomic E-state index is 6.29. The Kier molecular flexibility index (Phi) is 13.1. The van der Waals surface area contributed by atoms with Crippen molar-refractivity contribution in [1.29, 1.82) is 0 Å². The Morgan fingerprint density at radius 1 is 0.836 bits per heavy atom. The molecule has 0 aliphatic carbocycles. The van der Waals surface area contributed by atoms with Gasteiger partial charge in [-0.05, 0) is 125 Å². The number of hydrogen-bond acceptors (Lipinski definition) is 6. The van der Waals surface area contributed by atoms with Crippen LogP contribution in [-0.4, -0.2) is 4.98 Å². The minimum Gasteiger partial charge on any atom is -0.461 e. The van der Waals surface area contributed by atoms with E-state index in [4.69, 9.17) is 13.7 Å². The first-order chi connectivity index (χ1) is 29.9. The summed E-state index contributed by atoms with van der Waals surface area (Å²) in [5, 5.41) is 6.16. The van der Waals surface area contributed by atoms with Gasteiger partial charge in [0.25, 0.3) is 0 Å². The number of nitrogens with zero attached hydrogens (tertiary/aromatic N) is 1. The van der Waals surface area contributed by atoms with Crippen molar-refractivity contribution < 1.29 is 13.7 Å². The van der Waals surface area contributed by atoms with Gasteiger partial charge in [-0.2, -0.15) is 0 Å². The number of hydrogen-bond donors (Lipinski definition) is 2. The molecule has 0 atom stereocenters. The quantitative estimate of drug-likeness (QED) is 0.100. The van der Waals surface area contributed by atoms with E-state index in [2.05, 4.69) is 153 Å². The molecule has 302 valence electrons. The van der Waals surface area contributed by atoms with Crippen molar-refractivity contribution in [1.82, 2.24) is 15.8 Å². The average molecular weight is 800 g/mol. The van der Waals surface area contributed by atoms with Crippen LogP contribution >= 0.6 is 0 Å². The molecular formula is C55H49N3O3. The maximum Gasteiger partial charge on any atom is 0.160 e. The highest BCUT2D eigenvalue weighted by atomic mass is 16.6. The summed E-state index contributed by atoms with van der Waals surface area (Å²) in [5.41, 5.74) is 17.0. The van der Waals surface area contributed by atoms with Gasteiger partial charge in [-0.1, -0.05) is 105 Å². The maximum absolute atomic E-state index is 6.29. The first kappa shape index (κ1) is 41.3. The molecule has 0 saturated carbocycles. The monoisotopic (exact) mass is 799 g/mol. The summed E-state index contributed by atoms with van der Waals surface area (Å²) in [5.74, 6) is 1.67. The van der Waals surface area contributed by atoms with Gasteiger partial charge in [-0.15, -0.1) is 13.2 Å². The minimum atomic E-state index is 0.703. The molecule has 1 aliphatic rings. The predicted octanol–water partition coefficient (Wildman–Crippen LogP) is 12.2. The summed E-state index contributed by atoms with van der Waals surface area (Å²) in [7, 11) is 0. The molecule has 4 aromatic carbocycles. The Hall–Kier alpha value is -7.83. The zero-order chi connectivity index (χ0) is 42.7. The summed E-state index contributed by atoms with van der Waals surface area (Å²) < 4.78 is 12.4.